The van der Waals surface area contributed by atoms with Crippen LogP contribution >= 0.6 is 11.6 Å². The normalized spacial score (nSPS) is 13.3. The lowest BCUT2D eigenvalue weighted by molar-refractivity contribution is 0.0523. The number of carbonyl (C=O) groups is 2. The number of rotatable bonds is 9. The van der Waals surface area contributed by atoms with Crippen LogP contribution < -0.4 is 15.2 Å². The number of hydrogen-bond donors (Lipinski definition) is 0. The van der Waals surface area contributed by atoms with E-state index in [4.69, 9.17) is 21.1 Å². The van der Waals surface area contributed by atoms with Crippen molar-refractivity contribution >= 4 is 40.1 Å². The van der Waals surface area contributed by atoms with Gasteiger partial charge in [-0.05, 0) is 76.4 Å². The summed E-state index contributed by atoms with van der Waals surface area (Å²) in [6, 6.07) is 12.4. The molecule has 0 spiro atoms. The number of methoxy groups -OCH3 is 1. The van der Waals surface area contributed by atoms with E-state index in [1.807, 2.05) is 25.1 Å². The first-order chi connectivity index (χ1) is 18.7. The maximum Gasteiger partial charge on any atom is 0.345 e. The molecule has 0 radical (unpaired) electrons. The number of fused-ring (bicyclic) bond motifs is 1. The standard InChI is InChI=1S/C29H35ClN4O5.CH4/c1-5-39-29(37)25-26(23-19-21(30)9-12-24(23)34(28(25)36)14-6-13-31(2)3)32-15-17-33(18-16-32)27(35)20-7-10-22(38-4)11-8-20;/h7-12,19H,5-6,13-18H2,1-4H3;1H4. The lowest BCUT2D eigenvalue weighted by Crippen LogP contribution is -2.49. The number of anilines is 1. The van der Waals surface area contributed by atoms with Crippen molar-refractivity contribution in [1.82, 2.24) is 14.4 Å². The molecule has 0 aliphatic carbocycles. The van der Waals surface area contributed by atoms with Crippen molar-refractivity contribution in [2.45, 2.75) is 27.3 Å². The summed E-state index contributed by atoms with van der Waals surface area (Å²) in [7, 11) is 5.54. The summed E-state index contributed by atoms with van der Waals surface area (Å²) in [6.07, 6.45) is 0.735. The molecule has 0 N–H and O–H groups in total. The second kappa shape index (κ2) is 13.7. The number of piperazine rings is 1. The van der Waals surface area contributed by atoms with E-state index in [2.05, 4.69) is 4.90 Å². The predicted molar refractivity (Wildman–Crippen MR) is 160 cm³/mol. The molecule has 2 aromatic carbocycles. The number of pyridine rings is 1. The van der Waals surface area contributed by atoms with Crippen LogP contribution in [0.3, 0.4) is 0 Å². The van der Waals surface area contributed by atoms with Crippen LogP contribution in [0.15, 0.2) is 47.3 Å². The van der Waals surface area contributed by atoms with Crippen LogP contribution in [0.5, 0.6) is 5.75 Å². The largest absolute Gasteiger partial charge is 0.497 e. The molecule has 2 heterocycles. The van der Waals surface area contributed by atoms with Crippen LogP contribution in [-0.2, 0) is 11.3 Å². The van der Waals surface area contributed by atoms with Gasteiger partial charge in [0.2, 0.25) is 0 Å². The highest BCUT2D eigenvalue weighted by Crippen LogP contribution is 2.33. The van der Waals surface area contributed by atoms with Crippen molar-refractivity contribution in [3.8, 4) is 5.75 Å². The second-order valence-corrected chi connectivity index (χ2v) is 10.2. The van der Waals surface area contributed by atoms with Gasteiger partial charge in [-0.1, -0.05) is 19.0 Å². The van der Waals surface area contributed by atoms with E-state index in [1.54, 1.807) is 59.9 Å². The van der Waals surface area contributed by atoms with Gasteiger partial charge in [0.05, 0.1) is 24.9 Å². The van der Waals surface area contributed by atoms with Crippen LogP contribution in [-0.4, -0.2) is 86.8 Å². The Morgan fingerprint density at radius 1 is 1.02 bits per heavy atom. The molecular formula is C30H39ClN4O5. The molecule has 0 unspecified atom stereocenters. The Bertz CT molecular complexity index is 1400. The topological polar surface area (TPSA) is 84.3 Å². The Labute approximate surface area is 240 Å². The molecular weight excluding hydrogens is 532 g/mol. The number of carbonyl (C=O) groups excluding carboxylic acids is 2. The third kappa shape index (κ3) is 6.59. The number of aryl methyl sites for hydroxylation is 1. The van der Waals surface area contributed by atoms with Gasteiger partial charge in [-0.2, -0.15) is 0 Å². The Kier molecular flexibility index (Phi) is 10.6. The van der Waals surface area contributed by atoms with Crippen LogP contribution in [0.2, 0.25) is 5.02 Å². The first-order valence-electron chi connectivity index (χ1n) is 13.1. The van der Waals surface area contributed by atoms with E-state index in [0.29, 0.717) is 65.6 Å². The molecule has 3 aromatic rings. The molecule has 0 bridgehead atoms. The van der Waals surface area contributed by atoms with Crippen LogP contribution in [0.25, 0.3) is 10.9 Å². The number of halogens is 1. The zero-order valence-electron chi connectivity index (χ0n) is 22.9. The quantitative estimate of drug-likeness (QED) is 0.353. The summed E-state index contributed by atoms with van der Waals surface area (Å²) in [5.41, 5.74) is 1.42. The van der Waals surface area contributed by atoms with Gasteiger partial charge in [-0.3, -0.25) is 9.59 Å². The van der Waals surface area contributed by atoms with Crippen LogP contribution in [0.4, 0.5) is 5.69 Å². The molecule has 4 rings (SSSR count). The molecule has 0 saturated carbocycles. The molecule has 1 aromatic heterocycles. The van der Waals surface area contributed by atoms with Gasteiger partial charge >= 0.3 is 5.97 Å². The van der Waals surface area contributed by atoms with Gasteiger partial charge < -0.3 is 28.7 Å². The van der Waals surface area contributed by atoms with Crippen molar-refractivity contribution in [3.63, 3.8) is 0 Å². The summed E-state index contributed by atoms with van der Waals surface area (Å²) in [6.45, 7) is 4.86. The summed E-state index contributed by atoms with van der Waals surface area (Å²) in [5, 5.41) is 1.22. The molecule has 10 heteroatoms. The number of aromatic nitrogens is 1. The number of nitrogens with zero attached hydrogens (tertiary/aromatic N) is 4. The van der Waals surface area contributed by atoms with Crippen molar-refractivity contribution in [1.29, 1.82) is 0 Å². The average Bonchev–Trinajstić information content (AvgIpc) is 2.93. The number of esters is 1. The SMILES string of the molecule is C.CCOC(=O)c1c(N2CCN(C(=O)c3ccc(OC)cc3)CC2)c2cc(Cl)ccc2n(CCCN(C)C)c1=O. The smallest absolute Gasteiger partial charge is 0.345 e. The summed E-state index contributed by atoms with van der Waals surface area (Å²) in [4.78, 5) is 46.0. The molecule has 1 fully saturated rings. The zero-order valence-corrected chi connectivity index (χ0v) is 23.7. The molecule has 0 atom stereocenters. The number of amides is 1. The van der Waals surface area contributed by atoms with Gasteiger partial charge in [-0.25, -0.2) is 4.79 Å². The van der Waals surface area contributed by atoms with E-state index >= 15 is 0 Å². The second-order valence-electron chi connectivity index (χ2n) is 9.73. The first kappa shape index (κ1) is 31.0. The highest BCUT2D eigenvalue weighted by Gasteiger charge is 2.30. The van der Waals surface area contributed by atoms with Gasteiger partial charge in [0.25, 0.3) is 11.5 Å². The highest BCUT2D eigenvalue weighted by atomic mass is 35.5. The Morgan fingerprint density at radius 2 is 1.70 bits per heavy atom. The molecule has 1 amide bonds. The van der Waals surface area contributed by atoms with E-state index in [0.717, 1.165) is 13.0 Å². The third-order valence-electron chi connectivity index (χ3n) is 6.89. The maximum atomic E-state index is 13.8. The number of ether oxygens (including phenoxy) is 2. The number of benzene rings is 2. The molecule has 1 aliphatic rings. The van der Waals surface area contributed by atoms with Gasteiger partial charge in [0.1, 0.15) is 11.3 Å². The number of hydrogen-bond acceptors (Lipinski definition) is 7. The minimum absolute atomic E-state index is 0. The van der Waals surface area contributed by atoms with E-state index in [-0.39, 0.29) is 31.1 Å². The minimum Gasteiger partial charge on any atom is -0.497 e. The zero-order chi connectivity index (χ0) is 28.1. The van der Waals surface area contributed by atoms with Crippen molar-refractivity contribution < 1.29 is 19.1 Å². The Balaban J connectivity index is 0.00000441. The lowest BCUT2D eigenvalue weighted by atomic mass is 10.1. The molecule has 9 nitrogen and oxygen atoms in total. The molecule has 1 saturated heterocycles. The van der Waals surface area contributed by atoms with E-state index in [1.165, 1.54) is 0 Å². The fraction of sp³-hybridized carbons (Fsp3) is 0.433. The fourth-order valence-corrected chi connectivity index (χ4v) is 5.12. The Morgan fingerprint density at radius 3 is 2.30 bits per heavy atom. The molecule has 216 valence electrons. The maximum absolute atomic E-state index is 13.8. The van der Waals surface area contributed by atoms with Crippen LogP contribution in [0, 0.1) is 0 Å². The van der Waals surface area contributed by atoms with E-state index in [9.17, 15) is 14.4 Å². The summed E-state index contributed by atoms with van der Waals surface area (Å²) in [5.74, 6) is -0.0468. The van der Waals surface area contributed by atoms with Crippen molar-refractivity contribution in [2.24, 2.45) is 0 Å². The predicted octanol–water partition coefficient (Wildman–Crippen LogP) is 4.39. The average molecular weight is 571 g/mol. The fourth-order valence-electron chi connectivity index (χ4n) is 4.95. The minimum atomic E-state index is -0.655. The summed E-state index contributed by atoms with van der Waals surface area (Å²) >= 11 is 6.42. The summed E-state index contributed by atoms with van der Waals surface area (Å²) < 4.78 is 12.2. The van der Waals surface area contributed by atoms with Crippen molar-refractivity contribution in [2.75, 3.05) is 65.4 Å². The van der Waals surface area contributed by atoms with Gasteiger partial charge in [-0.15, -0.1) is 0 Å². The monoisotopic (exact) mass is 570 g/mol. The molecule has 40 heavy (non-hydrogen) atoms. The van der Waals surface area contributed by atoms with Gasteiger partial charge in [0.15, 0.2) is 0 Å². The van der Waals surface area contributed by atoms with Gasteiger partial charge in [0, 0.05) is 48.7 Å². The van der Waals surface area contributed by atoms with Crippen molar-refractivity contribution in [3.05, 3.63) is 69.0 Å². The highest BCUT2D eigenvalue weighted by molar-refractivity contribution is 6.31. The molecule has 1 aliphatic heterocycles. The van der Waals surface area contributed by atoms with E-state index < -0.39 is 5.97 Å². The lowest BCUT2D eigenvalue weighted by Gasteiger charge is -2.37. The van der Waals surface area contributed by atoms with Crippen LogP contribution in [0.1, 0.15) is 41.5 Å². The third-order valence-corrected chi connectivity index (χ3v) is 7.12. The Hall–Kier alpha value is -3.56. The first-order valence-corrected chi connectivity index (χ1v) is 13.5.